The second-order valence-corrected chi connectivity index (χ2v) is 28.5. The van der Waals surface area contributed by atoms with Gasteiger partial charge in [0, 0.05) is 25.7 Å². The zero-order valence-corrected chi connectivity index (χ0v) is 62.6. The van der Waals surface area contributed by atoms with Crippen molar-refractivity contribution in [2.24, 2.45) is 0 Å². The molecule has 4 unspecified atom stereocenters. The van der Waals surface area contributed by atoms with Crippen molar-refractivity contribution in [2.75, 3.05) is 39.6 Å². The van der Waals surface area contributed by atoms with Gasteiger partial charge >= 0.3 is 39.5 Å². The third-order valence-electron chi connectivity index (χ3n) is 16.1. The SMILES string of the molecule is CCCCC/C=C\C/C=C\CCCCCCCC(=O)OCC(COP(=O)(O)OCC(O)COP(=O)(O)OCC(COC(=O)CCCCCCC/C=C\C/C=C\CCCCC)OC(=O)CCCCCCC/C=C\CCCCCC)OC(=O)CCCCCCC/C=C\CCCCCC. The Hall–Kier alpha value is -3.50. The Morgan fingerprint density at radius 2 is 0.510 bits per heavy atom. The van der Waals surface area contributed by atoms with Crippen LogP contribution in [0.4, 0.5) is 0 Å². The zero-order valence-electron chi connectivity index (χ0n) is 60.8. The lowest BCUT2D eigenvalue weighted by Crippen LogP contribution is -2.30. The number of unbranched alkanes of at least 4 members (excludes halogenated alkanes) is 34. The predicted octanol–water partition coefficient (Wildman–Crippen LogP) is 21.7. The molecular weight excluding hydrogens is 1260 g/mol. The quantitative estimate of drug-likeness (QED) is 0.0169. The molecule has 0 aliphatic carbocycles. The molecule has 0 aromatic rings. The molecule has 0 amide bonds. The maximum atomic E-state index is 13.1. The average molecular weight is 1400 g/mol. The molecule has 0 radical (unpaired) electrons. The first kappa shape index (κ1) is 92.5. The summed E-state index contributed by atoms with van der Waals surface area (Å²) in [5.74, 6) is -2.20. The molecule has 0 spiro atoms. The van der Waals surface area contributed by atoms with Crippen LogP contribution in [0.3, 0.4) is 0 Å². The van der Waals surface area contributed by atoms with E-state index in [0.717, 1.165) is 167 Å². The van der Waals surface area contributed by atoms with Gasteiger partial charge in [-0.1, -0.05) is 242 Å². The first-order valence-corrected chi connectivity index (χ1v) is 41.2. The Morgan fingerprint density at radius 1 is 0.292 bits per heavy atom. The summed E-state index contributed by atoms with van der Waals surface area (Å²) in [6, 6.07) is 0. The van der Waals surface area contributed by atoms with Crippen LogP contribution in [0.5, 0.6) is 0 Å². The molecule has 3 N–H and O–H groups in total. The lowest BCUT2D eigenvalue weighted by molar-refractivity contribution is -0.161. The van der Waals surface area contributed by atoms with Crippen molar-refractivity contribution < 1.29 is 80.2 Å². The monoisotopic (exact) mass is 1400 g/mol. The molecule has 0 heterocycles. The second-order valence-electron chi connectivity index (χ2n) is 25.6. The van der Waals surface area contributed by atoms with Crippen molar-refractivity contribution in [3.8, 4) is 0 Å². The van der Waals surface area contributed by atoms with E-state index >= 15 is 0 Å². The average Bonchev–Trinajstić information content (AvgIpc) is 1.14. The molecule has 0 saturated carbocycles. The van der Waals surface area contributed by atoms with Crippen LogP contribution in [0.25, 0.3) is 0 Å². The summed E-state index contributed by atoms with van der Waals surface area (Å²) in [7, 11) is -9.95. The smallest absolute Gasteiger partial charge is 0.462 e. The number of hydrogen-bond donors (Lipinski definition) is 3. The van der Waals surface area contributed by atoms with Crippen molar-refractivity contribution in [3.63, 3.8) is 0 Å². The molecular formula is C77H138O17P2. The van der Waals surface area contributed by atoms with Crippen LogP contribution >= 0.6 is 15.6 Å². The van der Waals surface area contributed by atoms with Gasteiger partial charge in [0.15, 0.2) is 12.2 Å². The number of phosphoric ester groups is 2. The summed E-state index contributed by atoms with van der Waals surface area (Å²) in [6.07, 6.45) is 68.9. The van der Waals surface area contributed by atoms with Gasteiger partial charge in [-0.05, 0) is 141 Å². The van der Waals surface area contributed by atoms with E-state index in [-0.39, 0.29) is 25.7 Å². The number of ether oxygens (including phenoxy) is 4. The number of phosphoric acid groups is 2. The van der Waals surface area contributed by atoms with Crippen LogP contribution in [-0.2, 0) is 65.4 Å². The molecule has 96 heavy (non-hydrogen) atoms. The largest absolute Gasteiger partial charge is 0.472 e. The van der Waals surface area contributed by atoms with Crippen molar-refractivity contribution in [1.82, 2.24) is 0 Å². The lowest BCUT2D eigenvalue weighted by atomic mass is 10.1. The Bertz CT molecular complexity index is 1960. The van der Waals surface area contributed by atoms with Gasteiger partial charge in [0.1, 0.15) is 19.3 Å². The summed E-state index contributed by atoms with van der Waals surface area (Å²) in [5.41, 5.74) is 0. The first-order chi connectivity index (χ1) is 46.7. The minimum absolute atomic E-state index is 0.0839. The molecule has 0 aliphatic heterocycles. The van der Waals surface area contributed by atoms with Crippen LogP contribution < -0.4 is 0 Å². The molecule has 0 bridgehead atoms. The minimum atomic E-state index is -4.97. The zero-order chi connectivity index (χ0) is 70.4. The number of rotatable bonds is 72. The van der Waals surface area contributed by atoms with Gasteiger partial charge in [-0.2, -0.15) is 0 Å². The third kappa shape index (κ3) is 69.0. The number of esters is 4. The van der Waals surface area contributed by atoms with Crippen molar-refractivity contribution in [3.05, 3.63) is 72.9 Å². The van der Waals surface area contributed by atoms with Crippen LogP contribution in [0.1, 0.15) is 336 Å². The highest BCUT2D eigenvalue weighted by Gasteiger charge is 2.30. The molecule has 558 valence electrons. The molecule has 17 nitrogen and oxygen atoms in total. The number of aliphatic hydroxyl groups excluding tert-OH is 1. The Kier molecular flexibility index (Phi) is 67.4. The summed E-state index contributed by atoms with van der Waals surface area (Å²) >= 11 is 0. The summed E-state index contributed by atoms with van der Waals surface area (Å²) in [4.78, 5) is 72.8. The summed E-state index contributed by atoms with van der Waals surface area (Å²) in [5, 5.41) is 10.6. The van der Waals surface area contributed by atoms with E-state index < -0.39 is 97.5 Å². The second kappa shape index (κ2) is 70.0. The van der Waals surface area contributed by atoms with Gasteiger partial charge < -0.3 is 33.8 Å². The van der Waals surface area contributed by atoms with Crippen molar-refractivity contribution >= 4 is 39.5 Å². The number of carbonyl (C=O) groups is 4. The molecule has 0 saturated heterocycles. The molecule has 19 heteroatoms. The van der Waals surface area contributed by atoms with E-state index in [9.17, 15) is 43.2 Å². The number of carbonyl (C=O) groups excluding carboxylic acids is 4. The van der Waals surface area contributed by atoms with Crippen LogP contribution in [-0.4, -0.2) is 96.7 Å². The maximum absolute atomic E-state index is 13.1. The Balaban J connectivity index is 5.35. The topological polar surface area (TPSA) is 237 Å². The molecule has 4 atom stereocenters. The standard InChI is InChI=1S/C77H138O17P2/c1-5-9-13-17-21-25-29-33-35-39-41-45-49-53-57-61-74(79)87-67-72(93-76(81)63-59-55-51-47-43-37-31-27-23-19-15-11-7-3)69-91-95(83,84)89-65-71(78)66-90-96(85,86)92-70-73(94-77(82)64-60-56-52-48-44-38-32-28-24-20-16-12-8-4)68-88-75(80)62-58-54-50-46-42-40-36-34-30-26-22-18-14-10-6-2/h21-22,25-28,31-36,71-73,78H,5-20,23-24,29-30,37-70H2,1-4H3,(H,83,84)(H,85,86)/b25-21-,26-22-,31-27-,32-28-,35-33-,36-34-. The fraction of sp³-hybridized carbons (Fsp3) is 0.792. The number of allylic oxidation sites excluding steroid dienone is 12. The molecule has 0 rings (SSSR count). The summed E-state index contributed by atoms with van der Waals surface area (Å²) in [6.45, 7) is 4.77. The number of hydrogen-bond acceptors (Lipinski definition) is 15. The van der Waals surface area contributed by atoms with Gasteiger partial charge in [-0.3, -0.25) is 37.3 Å². The lowest BCUT2D eigenvalue weighted by Gasteiger charge is -2.21. The van der Waals surface area contributed by atoms with E-state index in [1.807, 2.05) is 0 Å². The highest BCUT2D eigenvalue weighted by molar-refractivity contribution is 7.47. The van der Waals surface area contributed by atoms with Crippen molar-refractivity contribution in [2.45, 2.75) is 354 Å². The van der Waals surface area contributed by atoms with E-state index in [2.05, 4.69) is 101 Å². The maximum Gasteiger partial charge on any atom is 0.472 e. The highest BCUT2D eigenvalue weighted by Crippen LogP contribution is 2.45. The molecule has 0 aromatic heterocycles. The summed E-state index contributed by atoms with van der Waals surface area (Å²) < 4.78 is 68.4. The van der Waals surface area contributed by atoms with Gasteiger partial charge in [-0.25, -0.2) is 9.13 Å². The minimum Gasteiger partial charge on any atom is -0.462 e. The third-order valence-corrected chi connectivity index (χ3v) is 18.0. The fourth-order valence-corrected chi connectivity index (χ4v) is 11.8. The first-order valence-electron chi connectivity index (χ1n) is 38.2. The van der Waals surface area contributed by atoms with Crippen LogP contribution in [0.15, 0.2) is 72.9 Å². The van der Waals surface area contributed by atoms with Crippen LogP contribution in [0.2, 0.25) is 0 Å². The fourth-order valence-electron chi connectivity index (χ4n) is 10.2. The van der Waals surface area contributed by atoms with E-state index in [1.165, 1.54) is 89.9 Å². The van der Waals surface area contributed by atoms with E-state index in [1.54, 1.807) is 0 Å². The predicted molar refractivity (Wildman–Crippen MR) is 390 cm³/mol. The Labute approximate surface area is 583 Å². The Morgan fingerprint density at radius 3 is 0.802 bits per heavy atom. The van der Waals surface area contributed by atoms with Gasteiger partial charge in [0.05, 0.1) is 26.4 Å². The van der Waals surface area contributed by atoms with Crippen molar-refractivity contribution in [1.29, 1.82) is 0 Å². The normalized spacial score (nSPS) is 14.4. The molecule has 0 aromatic carbocycles. The highest BCUT2D eigenvalue weighted by atomic mass is 31.2. The molecule has 0 fully saturated rings. The van der Waals surface area contributed by atoms with E-state index in [4.69, 9.17) is 37.0 Å². The van der Waals surface area contributed by atoms with Gasteiger partial charge in [-0.15, -0.1) is 0 Å². The van der Waals surface area contributed by atoms with Crippen LogP contribution in [0, 0.1) is 0 Å². The molecule has 0 aliphatic rings. The van der Waals surface area contributed by atoms with Gasteiger partial charge in [0.25, 0.3) is 0 Å². The van der Waals surface area contributed by atoms with E-state index in [0.29, 0.717) is 25.7 Å². The van der Waals surface area contributed by atoms with Gasteiger partial charge in [0.2, 0.25) is 0 Å². The number of aliphatic hydroxyl groups is 1.